The summed E-state index contributed by atoms with van der Waals surface area (Å²) in [5.74, 6) is 1.42. The number of fused-ring (bicyclic) bond motifs is 5. The van der Waals surface area contributed by atoms with Crippen molar-refractivity contribution in [2.75, 3.05) is 6.61 Å². The fraction of sp³-hybridized carbons (Fsp3) is 0.304. The average molecular weight is 390 g/mol. The lowest BCUT2D eigenvalue weighted by atomic mass is 9.96. The first-order valence-corrected chi connectivity index (χ1v) is 9.79. The number of aromatic amines is 1. The molecule has 1 aromatic carbocycles. The molecule has 0 amide bonds. The second kappa shape index (κ2) is 7.62. The molecule has 1 aliphatic heterocycles. The minimum Gasteiger partial charge on any atom is -0.477 e. The van der Waals surface area contributed by atoms with Gasteiger partial charge in [-0.05, 0) is 55.2 Å². The zero-order valence-electron chi connectivity index (χ0n) is 17.3. The molecule has 6 nitrogen and oxygen atoms in total. The Morgan fingerprint density at radius 2 is 2.03 bits per heavy atom. The molecule has 150 valence electrons. The van der Waals surface area contributed by atoms with Crippen molar-refractivity contribution in [3.05, 3.63) is 59.4 Å². The third-order valence-electron chi connectivity index (χ3n) is 5.25. The highest BCUT2D eigenvalue weighted by atomic mass is 16.5. The van der Waals surface area contributed by atoms with Crippen molar-refractivity contribution in [1.82, 2.24) is 20.0 Å². The molecule has 1 aliphatic rings. The van der Waals surface area contributed by atoms with Crippen LogP contribution in [0.2, 0.25) is 0 Å². The molecule has 3 heterocycles. The number of nitrogens with zero attached hydrogens (tertiary/aromatic N) is 3. The van der Waals surface area contributed by atoms with Crippen LogP contribution in [0.1, 0.15) is 35.7 Å². The number of nitrogens with one attached hydrogen (secondary N) is 1. The molecule has 0 fully saturated rings. The number of hydrogen-bond acceptors (Lipinski definition) is 4. The predicted octanol–water partition coefficient (Wildman–Crippen LogP) is 4.70. The minimum absolute atomic E-state index is 0.0347. The van der Waals surface area contributed by atoms with Gasteiger partial charge in [-0.3, -0.25) is 0 Å². The minimum atomic E-state index is -0.0347. The molecule has 0 spiro atoms. The summed E-state index contributed by atoms with van der Waals surface area (Å²) in [6, 6.07) is 6.33. The van der Waals surface area contributed by atoms with Gasteiger partial charge in [0.15, 0.2) is 0 Å². The Morgan fingerprint density at radius 1 is 1.21 bits per heavy atom. The molecular formula is C23H26N4O2. The summed E-state index contributed by atoms with van der Waals surface area (Å²) in [6.45, 7) is 10.9. The zero-order chi connectivity index (χ0) is 20.5. The van der Waals surface area contributed by atoms with Gasteiger partial charge < -0.3 is 9.47 Å². The second-order valence-electron chi connectivity index (χ2n) is 7.49. The number of rotatable bonds is 0. The van der Waals surface area contributed by atoms with Crippen LogP contribution in [-0.2, 0) is 7.05 Å². The van der Waals surface area contributed by atoms with Crippen LogP contribution in [0.5, 0.6) is 11.8 Å². The molecule has 29 heavy (non-hydrogen) atoms. The summed E-state index contributed by atoms with van der Waals surface area (Å²) < 4.78 is 14.0. The van der Waals surface area contributed by atoms with Crippen LogP contribution in [0.15, 0.2) is 37.1 Å². The molecule has 4 rings (SSSR count). The first kappa shape index (κ1) is 19.1. The molecule has 6 heteroatoms. The molecule has 0 aliphatic carbocycles. The topological polar surface area (TPSA) is 65.0 Å². The van der Waals surface area contributed by atoms with Crippen molar-refractivity contribution in [3.8, 4) is 22.9 Å². The van der Waals surface area contributed by atoms with Gasteiger partial charge in [-0.15, -0.1) is 0 Å². The molecule has 0 saturated heterocycles. The van der Waals surface area contributed by atoms with E-state index in [9.17, 15) is 0 Å². The highest BCUT2D eigenvalue weighted by Crippen LogP contribution is 2.33. The van der Waals surface area contributed by atoms with Crippen molar-refractivity contribution in [1.29, 1.82) is 0 Å². The Kier molecular flexibility index (Phi) is 5.01. The van der Waals surface area contributed by atoms with Crippen LogP contribution in [-0.4, -0.2) is 32.7 Å². The Morgan fingerprint density at radius 3 is 2.86 bits per heavy atom. The maximum Gasteiger partial charge on any atom is 0.219 e. The third kappa shape index (κ3) is 3.70. The fourth-order valence-electron chi connectivity index (χ4n) is 3.58. The number of allylic oxidation sites excluding steroid dienone is 2. The van der Waals surface area contributed by atoms with Gasteiger partial charge in [0.2, 0.25) is 11.8 Å². The summed E-state index contributed by atoms with van der Waals surface area (Å²) in [7, 11) is 1.90. The zero-order valence-corrected chi connectivity index (χ0v) is 17.3. The second-order valence-corrected chi connectivity index (χ2v) is 7.49. The number of aromatic nitrogens is 4. The standard InChI is InChI=1S/C23H26N4O2/c1-14-6-8-18-12-20(14)15(2)7-9-19-17(4)26-27(5)23(19)28-11-10-16(3)29-22-21(18)13-24-25-22/h6-9,12-13,16H,2,10-11H2,1,3-5H3,(H,24,25)/b9-7+/t16-/m0/s1. The van der Waals surface area contributed by atoms with Crippen molar-refractivity contribution in [2.45, 2.75) is 33.3 Å². The Hall–Kier alpha value is -3.28. The van der Waals surface area contributed by atoms with Gasteiger partial charge in [0.1, 0.15) is 6.10 Å². The van der Waals surface area contributed by atoms with E-state index in [0.717, 1.165) is 51.4 Å². The van der Waals surface area contributed by atoms with Gasteiger partial charge in [-0.25, -0.2) is 9.78 Å². The highest BCUT2D eigenvalue weighted by Gasteiger charge is 2.17. The van der Waals surface area contributed by atoms with E-state index >= 15 is 0 Å². The van der Waals surface area contributed by atoms with Crippen LogP contribution in [0.4, 0.5) is 0 Å². The normalized spacial score (nSPS) is 17.9. The lowest BCUT2D eigenvalue weighted by molar-refractivity contribution is 0.167. The van der Waals surface area contributed by atoms with Crippen molar-refractivity contribution >= 4 is 11.6 Å². The van der Waals surface area contributed by atoms with Crippen LogP contribution in [0, 0.1) is 13.8 Å². The smallest absolute Gasteiger partial charge is 0.219 e. The number of hydrogen-bond donors (Lipinski definition) is 1. The SMILES string of the molecule is C=C1/C=C/c2c(C)nn(C)c2OCC[C@H](C)Oc2[nH]ncc2-c2ccc(C)c1c2. The average Bonchev–Trinajstić information content (AvgIpc) is 3.24. The van der Waals surface area contributed by atoms with E-state index in [1.54, 1.807) is 10.9 Å². The van der Waals surface area contributed by atoms with Crippen LogP contribution < -0.4 is 9.47 Å². The largest absolute Gasteiger partial charge is 0.477 e. The van der Waals surface area contributed by atoms with Crippen molar-refractivity contribution in [3.63, 3.8) is 0 Å². The van der Waals surface area contributed by atoms with Gasteiger partial charge in [0.25, 0.3) is 0 Å². The Labute approximate surface area is 170 Å². The lowest BCUT2D eigenvalue weighted by Crippen LogP contribution is -2.17. The van der Waals surface area contributed by atoms with Crippen LogP contribution in [0.3, 0.4) is 0 Å². The quantitative estimate of drug-likeness (QED) is 0.604. The first-order valence-electron chi connectivity index (χ1n) is 9.79. The fourth-order valence-corrected chi connectivity index (χ4v) is 3.58. The van der Waals surface area contributed by atoms with Gasteiger partial charge in [-0.2, -0.15) is 10.2 Å². The lowest BCUT2D eigenvalue weighted by Gasteiger charge is -2.15. The molecule has 1 N–H and O–H groups in total. The van der Waals surface area contributed by atoms with Crippen molar-refractivity contribution < 1.29 is 9.47 Å². The van der Waals surface area contributed by atoms with E-state index in [0.29, 0.717) is 12.5 Å². The van der Waals surface area contributed by atoms with E-state index < -0.39 is 0 Å². The number of ether oxygens (including phenoxy) is 2. The van der Waals surface area contributed by atoms with E-state index in [-0.39, 0.29) is 6.10 Å². The number of benzene rings is 1. The molecular weight excluding hydrogens is 364 g/mol. The van der Waals surface area contributed by atoms with E-state index in [4.69, 9.17) is 9.47 Å². The predicted molar refractivity (Wildman–Crippen MR) is 115 cm³/mol. The first-order chi connectivity index (χ1) is 13.9. The van der Waals surface area contributed by atoms with Gasteiger partial charge >= 0.3 is 0 Å². The maximum absolute atomic E-state index is 6.13. The Balaban J connectivity index is 1.82. The monoisotopic (exact) mass is 390 g/mol. The van der Waals surface area contributed by atoms with E-state index in [1.807, 2.05) is 33.0 Å². The summed E-state index contributed by atoms with van der Waals surface area (Å²) in [5.41, 5.74) is 7.04. The van der Waals surface area contributed by atoms with E-state index in [1.165, 1.54) is 0 Å². The summed E-state index contributed by atoms with van der Waals surface area (Å²) in [6.07, 6.45) is 6.56. The number of aryl methyl sites for hydroxylation is 3. The van der Waals surface area contributed by atoms with Gasteiger partial charge in [0.05, 0.1) is 29.6 Å². The molecule has 3 aromatic rings. The molecule has 2 bridgehead atoms. The summed E-state index contributed by atoms with van der Waals surface area (Å²) in [5, 5.41) is 11.7. The molecule has 1 atom stereocenters. The summed E-state index contributed by atoms with van der Waals surface area (Å²) in [4.78, 5) is 0. The molecule has 0 radical (unpaired) electrons. The maximum atomic E-state index is 6.13. The Bertz CT molecular complexity index is 1090. The molecule has 0 unspecified atom stereocenters. The molecule has 0 saturated carbocycles. The molecule has 2 aromatic heterocycles. The van der Waals surface area contributed by atoms with E-state index in [2.05, 4.69) is 47.0 Å². The summed E-state index contributed by atoms with van der Waals surface area (Å²) >= 11 is 0. The number of H-pyrrole nitrogens is 1. The van der Waals surface area contributed by atoms with Crippen LogP contribution in [0.25, 0.3) is 22.8 Å². The highest BCUT2D eigenvalue weighted by molar-refractivity contribution is 5.82. The van der Waals surface area contributed by atoms with Crippen LogP contribution >= 0.6 is 0 Å². The van der Waals surface area contributed by atoms with Gasteiger partial charge in [0, 0.05) is 13.5 Å². The van der Waals surface area contributed by atoms with Crippen molar-refractivity contribution in [2.24, 2.45) is 7.05 Å². The third-order valence-corrected chi connectivity index (χ3v) is 5.25. The van der Waals surface area contributed by atoms with Gasteiger partial charge in [-0.1, -0.05) is 24.8 Å².